The van der Waals surface area contributed by atoms with Crippen LogP contribution in [0.2, 0.25) is 0 Å². The number of ether oxygens (including phenoxy) is 2. The Balaban J connectivity index is 1.35. The number of rotatable bonds is 10. The Bertz CT molecular complexity index is 1290. The molecule has 1 heterocycles. The molecule has 0 bridgehead atoms. The van der Waals surface area contributed by atoms with Gasteiger partial charge in [0.15, 0.2) is 16.6 Å². The fourth-order valence-electron chi connectivity index (χ4n) is 3.23. The molecule has 0 atom stereocenters. The predicted octanol–water partition coefficient (Wildman–Crippen LogP) is 6.12. The average molecular weight is 487 g/mol. The largest absolute Gasteiger partial charge is 0.493 e. The number of hydrogen-bond donors (Lipinski definition) is 2. The van der Waals surface area contributed by atoms with Crippen LogP contribution in [0, 0.1) is 0 Å². The van der Waals surface area contributed by atoms with Crippen LogP contribution in [0.4, 0.5) is 10.8 Å². The second-order valence-corrected chi connectivity index (χ2v) is 8.42. The van der Waals surface area contributed by atoms with E-state index in [0.29, 0.717) is 23.7 Å². The van der Waals surface area contributed by atoms with Gasteiger partial charge < -0.3 is 14.8 Å². The standard InChI is InChI=1S/C27H26N4O3S/c1-3-15-34-24-14-9-19(16-25(24)33-2)17-28-31-26(32)21-12-10-20(11-13-21)23-18-35-27(30-23)29-22-7-5-4-6-8-22/h4-14,16-18H,3,15H2,1-2H3,(H,29,30)(H,31,32)/b28-17-. The van der Waals surface area contributed by atoms with Crippen molar-refractivity contribution in [3.63, 3.8) is 0 Å². The van der Waals surface area contributed by atoms with Crippen molar-refractivity contribution in [3.05, 3.63) is 89.3 Å². The Labute approximate surface area is 208 Å². The number of anilines is 2. The monoisotopic (exact) mass is 486 g/mol. The quantitative estimate of drug-likeness (QED) is 0.209. The number of nitrogens with zero attached hydrogens (tertiary/aromatic N) is 2. The molecule has 3 aromatic carbocycles. The Morgan fingerprint density at radius 2 is 1.86 bits per heavy atom. The van der Waals surface area contributed by atoms with Crippen molar-refractivity contribution in [2.24, 2.45) is 5.10 Å². The fraction of sp³-hybridized carbons (Fsp3) is 0.148. The van der Waals surface area contributed by atoms with E-state index in [1.54, 1.807) is 25.5 Å². The van der Waals surface area contributed by atoms with Gasteiger partial charge in [0.05, 0.1) is 25.6 Å². The van der Waals surface area contributed by atoms with Gasteiger partial charge in [0.25, 0.3) is 5.91 Å². The molecule has 0 spiro atoms. The molecule has 178 valence electrons. The van der Waals surface area contributed by atoms with Crippen LogP contribution < -0.4 is 20.2 Å². The molecule has 35 heavy (non-hydrogen) atoms. The lowest BCUT2D eigenvalue weighted by Crippen LogP contribution is -2.17. The summed E-state index contributed by atoms with van der Waals surface area (Å²) in [6.07, 6.45) is 2.48. The molecule has 1 aromatic heterocycles. The summed E-state index contributed by atoms with van der Waals surface area (Å²) < 4.78 is 11.0. The number of thiazole rings is 1. The minimum Gasteiger partial charge on any atom is -0.493 e. The molecule has 1 amide bonds. The summed E-state index contributed by atoms with van der Waals surface area (Å²) in [6.45, 7) is 2.66. The molecule has 0 saturated heterocycles. The highest BCUT2D eigenvalue weighted by Gasteiger charge is 2.09. The fourth-order valence-corrected chi connectivity index (χ4v) is 3.97. The summed E-state index contributed by atoms with van der Waals surface area (Å²) in [6, 6.07) is 22.7. The van der Waals surface area contributed by atoms with Crippen molar-refractivity contribution >= 4 is 34.3 Å². The van der Waals surface area contributed by atoms with Crippen molar-refractivity contribution in [2.45, 2.75) is 13.3 Å². The second-order valence-electron chi connectivity index (χ2n) is 7.56. The van der Waals surface area contributed by atoms with Crippen LogP contribution in [0.5, 0.6) is 11.5 Å². The number of aromatic nitrogens is 1. The van der Waals surface area contributed by atoms with Crippen LogP contribution in [-0.2, 0) is 0 Å². The third-order valence-electron chi connectivity index (χ3n) is 5.00. The van der Waals surface area contributed by atoms with Gasteiger partial charge in [0.2, 0.25) is 0 Å². The third kappa shape index (κ3) is 6.45. The summed E-state index contributed by atoms with van der Waals surface area (Å²) in [4.78, 5) is 17.1. The highest BCUT2D eigenvalue weighted by atomic mass is 32.1. The van der Waals surface area contributed by atoms with Crippen LogP contribution >= 0.6 is 11.3 Å². The first-order valence-electron chi connectivity index (χ1n) is 11.2. The molecule has 4 aromatic rings. The summed E-state index contributed by atoms with van der Waals surface area (Å²) in [5, 5.41) is 10.2. The molecule has 4 rings (SSSR count). The van der Waals surface area contributed by atoms with Gasteiger partial charge in [-0.2, -0.15) is 5.10 Å². The van der Waals surface area contributed by atoms with Gasteiger partial charge in [-0.15, -0.1) is 11.3 Å². The molecule has 0 radical (unpaired) electrons. The molecular formula is C27H26N4O3S. The van der Waals surface area contributed by atoms with Crippen molar-refractivity contribution in [3.8, 4) is 22.8 Å². The van der Waals surface area contributed by atoms with Crippen molar-refractivity contribution in [1.82, 2.24) is 10.4 Å². The van der Waals surface area contributed by atoms with Crippen molar-refractivity contribution < 1.29 is 14.3 Å². The van der Waals surface area contributed by atoms with Gasteiger partial charge in [-0.05, 0) is 54.4 Å². The first-order valence-corrected chi connectivity index (χ1v) is 12.1. The topological polar surface area (TPSA) is 84.8 Å². The van der Waals surface area contributed by atoms with E-state index in [1.165, 1.54) is 11.3 Å². The van der Waals surface area contributed by atoms with E-state index in [0.717, 1.165) is 34.1 Å². The van der Waals surface area contributed by atoms with Gasteiger partial charge in [0, 0.05) is 22.2 Å². The van der Waals surface area contributed by atoms with E-state index < -0.39 is 0 Å². The molecular weight excluding hydrogens is 460 g/mol. The van der Waals surface area contributed by atoms with Crippen molar-refractivity contribution in [2.75, 3.05) is 19.0 Å². The number of para-hydroxylation sites is 1. The molecule has 2 N–H and O–H groups in total. The highest BCUT2D eigenvalue weighted by Crippen LogP contribution is 2.28. The SMILES string of the molecule is CCCOc1ccc(/C=N\NC(=O)c2ccc(-c3csc(Nc4ccccc4)n3)cc2)cc1OC. The van der Waals surface area contributed by atoms with E-state index in [4.69, 9.17) is 9.47 Å². The summed E-state index contributed by atoms with van der Waals surface area (Å²) in [5.74, 6) is 1.000. The first-order chi connectivity index (χ1) is 17.2. The number of carbonyl (C=O) groups excluding carboxylic acids is 1. The summed E-state index contributed by atoms with van der Waals surface area (Å²) in [5.41, 5.74) is 6.61. The number of carbonyl (C=O) groups is 1. The van der Waals surface area contributed by atoms with Gasteiger partial charge >= 0.3 is 0 Å². The summed E-state index contributed by atoms with van der Waals surface area (Å²) >= 11 is 1.53. The lowest BCUT2D eigenvalue weighted by Gasteiger charge is -2.10. The molecule has 0 saturated carbocycles. The van der Waals surface area contributed by atoms with E-state index in [9.17, 15) is 4.79 Å². The molecule has 8 heteroatoms. The molecule has 0 aliphatic rings. The first kappa shape index (κ1) is 24.0. The maximum atomic E-state index is 12.5. The smallest absolute Gasteiger partial charge is 0.271 e. The molecule has 0 aliphatic heterocycles. The van der Waals surface area contributed by atoms with Gasteiger partial charge in [-0.25, -0.2) is 10.4 Å². The number of hydrogen-bond acceptors (Lipinski definition) is 7. The Hall–Kier alpha value is -4.17. The van der Waals surface area contributed by atoms with Crippen molar-refractivity contribution in [1.29, 1.82) is 0 Å². The molecule has 7 nitrogen and oxygen atoms in total. The van der Waals surface area contributed by atoms with Gasteiger partial charge in [0.1, 0.15) is 0 Å². The zero-order chi connectivity index (χ0) is 24.5. The molecule has 0 fully saturated rings. The van der Waals surface area contributed by atoms with Crippen LogP contribution in [0.25, 0.3) is 11.3 Å². The van der Waals surface area contributed by atoms with Crippen LogP contribution in [0.3, 0.4) is 0 Å². The highest BCUT2D eigenvalue weighted by molar-refractivity contribution is 7.14. The van der Waals surface area contributed by atoms with E-state index in [1.807, 2.05) is 73.0 Å². The minimum absolute atomic E-state index is 0.299. The Morgan fingerprint density at radius 1 is 1.06 bits per heavy atom. The minimum atomic E-state index is -0.299. The number of nitrogens with one attached hydrogen (secondary N) is 2. The van der Waals surface area contributed by atoms with Crippen LogP contribution in [0.1, 0.15) is 29.3 Å². The lowest BCUT2D eigenvalue weighted by molar-refractivity contribution is 0.0955. The average Bonchev–Trinajstić information content (AvgIpc) is 3.36. The summed E-state index contributed by atoms with van der Waals surface area (Å²) in [7, 11) is 1.59. The lowest BCUT2D eigenvalue weighted by atomic mass is 10.1. The van der Waals surface area contributed by atoms with Crippen LogP contribution in [0.15, 0.2) is 83.3 Å². The number of methoxy groups -OCH3 is 1. The second kappa shape index (κ2) is 11.8. The number of hydrazone groups is 1. The predicted molar refractivity (Wildman–Crippen MR) is 141 cm³/mol. The number of amides is 1. The van der Waals surface area contributed by atoms with E-state index >= 15 is 0 Å². The zero-order valence-electron chi connectivity index (χ0n) is 19.5. The van der Waals surface area contributed by atoms with Gasteiger partial charge in [-0.3, -0.25) is 4.79 Å². The van der Waals surface area contributed by atoms with E-state index in [-0.39, 0.29) is 5.91 Å². The van der Waals surface area contributed by atoms with Gasteiger partial charge in [-0.1, -0.05) is 37.3 Å². The zero-order valence-corrected chi connectivity index (χ0v) is 20.3. The molecule has 0 aliphatic carbocycles. The maximum Gasteiger partial charge on any atom is 0.271 e. The molecule has 0 unspecified atom stereocenters. The van der Waals surface area contributed by atoms with E-state index in [2.05, 4.69) is 20.8 Å². The number of benzene rings is 3. The third-order valence-corrected chi connectivity index (χ3v) is 5.76. The Morgan fingerprint density at radius 3 is 2.60 bits per heavy atom. The van der Waals surface area contributed by atoms with Crippen LogP contribution in [-0.4, -0.2) is 30.8 Å². The normalized spacial score (nSPS) is 10.8. The Kier molecular flexibility index (Phi) is 8.08. The maximum absolute atomic E-state index is 12.5.